The Morgan fingerprint density at radius 3 is 2.33 bits per heavy atom. The number of aryl methyl sites for hydroxylation is 1. The average Bonchev–Trinajstić information content (AvgIpc) is 2.28. The number of hydrogen-bond acceptors (Lipinski definition) is 1. The lowest BCUT2D eigenvalue weighted by Gasteiger charge is -2.43. The Morgan fingerprint density at radius 2 is 1.78 bits per heavy atom. The monoisotopic (exact) mass is 245 g/mol. The Balaban J connectivity index is 2.19. The van der Waals surface area contributed by atoms with Crippen molar-refractivity contribution in [3.8, 4) is 0 Å². The van der Waals surface area contributed by atoms with Gasteiger partial charge in [-0.3, -0.25) is 0 Å². The van der Waals surface area contributed by atoms with E-state index in [4.69, 9.17) is 5.73 Å². The minimum atomic E-state index is -0.105. The zero-order valence-electron chi connectivity index (χ0n) is 12.1. The molecule has 0 heterocycles. The summed E-state index contributed by atoms with van der Waals surface area (Å²) in [6.07, 6.45) is 7.17. The molecule has 1 aromatic rings. The highest BCUT2D eigenvalue weighted by molar-refractivity contribution is 5.29. The van der Waals surface area contributed by atoms with Crippen LogP contribution >= 0.6 is 0 Å². The van der Waals surface area contributed by atoms with Crippen LogP contribution in [-0.2, 0) is 12.0 Å². The summed E-state index contributed by atoms with van der Waals surface area (Å²) in [5.41, 5.74) is 9.72. The second kappa shape index (κ2) is 5.05. The van der Waals surface area contributed by atoms with E-state index in [1.807, 2.05) is 0 Å². The number of nitrogens with two attached hydrogens (primary N) is 1. The highest BCUT2D eigenvalue weighted by Crippen LogP contribution is 2.44. The third-order valence-electron chi connectivity index (χ3n) is 4.34. The van der Waals surface area contributed by atoms with E-state index in [1.54, 1.807) is 0 Å². The quantitative estimate of drug-likeness (QED) is 0.839. The molecule has 0 spiro atoms. The summed E-state index contributed by atoms with van der Waals surface area (Å²) in [6, 6.07) is 9.03. The average molecular weight is 245 g/mol. The third kappa shape index (κ3) is 2.95. The van der Waals surface area contributed by atoms with Crippen LogP contribution in [0.15, 0.2) is 24.3 Å². The second-order valence-corrected chi connectivity index (χ2v) is 6.80. The molecule has 1 unspecified atom stereocenters. The predicted octanol–water partition coefficient (Wildman–Crippen LogP) is 4.39. The summed E-state index contributed by atoms with van der Waals surface area (Å²) in [4.78, 5) is 0. The first-order chi connectivity index (χ1) is 8.45. The molecule has 0 aliphatic heterocycles. The molecule has 1 nitrogen and oxygen atoms in total. The maximum Gasteiger partial charge on any atom is 0.0414 e. The van der Waals surface area contributed by atoms with Crippen molar-refractivity contribution < 1.29 is 0 Å². The van der Waals surface area contributed by atoms with E-state index >= 15 is 0 Å². The van der Waals surface area contributed by atoms with Crippen molar-refractivity contribution in [1.82, 2.24) is 0 Å². The molecule has 18 heavy (non-hydrogen) atoms. The van der Waals surface area contributed by atoms with Gasteiger partial charge in [-0.15, -0.1) is 0 Å². The fraction of sp³-hybridized carbons (Fsp3) is 0.647. The zero-order valence-corrected chi connectivity index (χ0v) is 12.1. The highest BCUT2D eigenvalue weighted by atomic mass is 14.8. The first kappa shape index (κ1) is 13.6. The fourth-order valence-corrected chi connectivity index (χ4v) is 3.45. The van der Waals surface area contributed by atoms with Gasteiger partial charge in [0.1, 0.15) is 0 Å². The van der Waals surface area contributed by atoms with Gasteiger partial charge in [-0.25, -0.2) is 0 Å². The Kier molecular flexibility index (Phi) is 3.82. The van der Waals surface area contributed by atoms with E-state index in [0.29, 0.717) is 5.41 Å². The molecule has 0 aromatic heterocycles. The van der Waals surface area contributed by atoms with Crippen molar-refractivity contribution in [2.24, 2.45) is 11.1 Å². The molecule has 100 valence electrons. The molecule has 1 aliphatic rings. The molecule has 0 bridgehead atoms. The molecule has 0 amide bonds. The Hall–Kier alpha value is -0.820. The SMILES string of the molecule is CCCc1ccc(C2(N)CCCC(C)(C)C2)cc1. The molecule has 2 N–H and O–H groups in total. The molecule has 1 heteroatoms. The van der Waals surface area contributed by atoms with Gasteiger partial charge in [0.15, 0.2) is 0 Å². The van der Waals surface area contributed by atoms with E-state index in [0.717, 1.165) is 12.8 Å². The van der Waals surface area contributed by atoms with Gasteiger partial charge in [-0.1, -0.05) is 57.9 Å². The highest BCUT2D eigenvalue weighted by Gasteiger charge is 2.38. The number of rotatable bonds is 3. The van der Waals surface area contributed by atoms with Crippen molar-refractivity contribution in [2.75, 3.05) is 0 Å². The molecule has 1 saturated carbocycles. The summed E-state index contributed by atoms with van der Waals surface area (Å²) in [7, 11) is 0. The third-order valence-corrected chi connectivity index (χ3v) is 4.34. The molecular formula is C17H27N. The van der Waals surface area contributed by atoms with Crippen LogP contribution in [-0.4, -0.2) is 0 Å². The minimum absolute atomic E-state index is 0.105. The molecule has 0 saturated heterocycles. The lowest BCUT2D eigenvalue weighted by Crippen LogP contribution is -2.44. The van der Waals surface area contributed by atoms with E-state index in [2.05, 4.69) is 45.0 Å². The summed E-state index contributed by atoms with van der Waals surface area (Å²) in [5, 5.41) is 0. The number of benzene rings is 1. The summed E-state index contributed by atoms with van der Waals surface area (Å²) in [5.74, 6) is 0. The van der Waals surface area contributed by atoms with E-state index in [-0.39, 0.29) is 5.54 Å². The van der Waals surface area contributed by atoms with Crippen LogP contribution in [0.5, 0.6) is 0 Å². The largest absolute Gasteiger partial charge is 0.321 e. The van der Waals surface area contributed by atoms with E-state index in [1.165, 1.54) is 36.8 Å². The van der Waals surface area contributed by atoms with Crippen molar-refractivity contribution in [1.29, 1.82) is 0 Å². The van der Waals surface area contributed by atoms with Gasteiger partial charge in [0.2, 0.25) is 0 Å². The smallest absolute Gasteiger partial charge is 0.0414 e. The van der Waals surface area contributed by atoms with Gasteiger partial charge in [0.05, 0.1) is 0 Å². The van der Waals surface area contributed by atoms with Crippen molar-refractivity contribution in [2.45, 2.75) is 64.8 Å². The molecule has 1 fully saturated rings. The summed E-state index contributed by atoms with van der Waals surface area (Å²) in [6.45, 7) is 6.92. The molecular weight excluding hydrogens is 218 g/mol. The van der Waals surface area contributed by atoms with Crippen LogP contribution in [0, 0.1) is 5.41 Å². The van der Waals surface area contributed by atoms with Crippen molar-refractivity contribution in [3.63, 3.8) is 0 Å². The van der Waals surface area contributed by atoms with Crippen LogP contribution in [0.2, 0.25) is 0 Å². The van der Waals surface area contributed by atoms with Crippen molar-refractivity contribution >= 4 is 0 Å². The Morgan fingerprint density at radius 1 is 1.11 bits per heavy atom. The molecule has 0 radical (unpaired) electrons. The predicted molar refractivity (Wildman–Crippen MR) is 78.6 cm³/mol. The topological polar surface area (TPSA) is 26.0 Å². The summed E-state index contributed by atoms with van der Waals surface area (Å²) < 4.78 is 0. The van der Waals surface area contributed by atoms with Crippen LogP contribution in [0.3, 0.4) is 0 Å². The standard InChI is InChI=1S/C17H27N/c1-4-6-14-7-9-15(10-8-14)17(18)12-5-11-16(2,3)13-17/h7-10H,4-6,11-13,18H2,1-3H3. The van der Waals surface area contributed by atoms with E-state index < -0.39 is 0 Å². The van der Waals surface area contributed by atoms with Gasteiger partial charge in [0.25, 0.3) is 0 Å². The van der Waals surface area contributed by atoms with Crippen LogP contribution < -0.4 is 5.73 Å². The molecule has 1 aromatic carbocycles. The van der Waals surface area contributed by atoms with Gasteiger partial charge in [-0.05, 0) is 42.2 Å². The summed E-state index contributed by atoms with van der Waals surface area (Å²) >= 11 is 0. The van der Waals surface area contributed by atoms with Gasteiger partial charge in [-0.2, -0.15) is 0 Å². The van der Waals surface area contributed by atoms with Crippen LogP contribution in [0.4, 0.5) is 0 Å². The molecule has 1 atom stereocenters. The van der Waals surface area contributed by atoms with Crippen LogP contribution in [0.1, 0.15) is 64.0 Å². The lowest BCUT2D eigenvalue weighted by molar-refractivity contribution is 0.151. The minimum Gasteiger partial charge on any atom is -0.321 e. The van der Waals surface area contributed by atoms with Gasteiger partial charge in [0, 0.05) is 5.54 Å². The first-order valence-electron chi connectivity index (χ1n) is 7.33. The molecule has 2 rings (SSSR count). The zero-order chi connectivity index (χ0) is 13.2. The van der Waals surface area contributed by atoms with Gasteiger partial charge < -0.3 is 5.73 Å². The number of hydrogen-bond donors (Lipinski definition) is 1. The normalized spacial score (nSPS) is 27.1. The van der Waals surface area contributed by atoms with Gasteiger partial charge >= 0.3 is 0 Å². The maximum atomic E-state index is 6.68. The van der Waals surface area contributed by atoms with E-state index in [9.17, 15) is 0 Å². The maximum absolute atomic E-state index is 6.68. The lowest BCUT2D eigenvalue weighted by atomic mass is 9.66. The van der Waals surface area contributed by atoms with Crippen molar-refractivity contribution in [3.05, 3.63) is 35.4 Å². The fourth-order valence-electron chi connectivity index (χ4n) is 3.45. The molecule has 1 aliphatic carbocycles. The second-order valence-electron chi connectivity index (χ2n) is 6.80. The Bertz CT molecular complexity index is 391. The van der Waals surface area contributed by atoms with Crippen LogP contribution in [0.25, 0.3) is 0 Å². The first-order valence-corrected chi connectivity index (χ1v) is 7.33. The Labute approximate surface area is 112 Å².